The fourth-order valence-corrected chi connectivity index (χ4v) is 3.94. The fraction of sp³-hybridized carbons (Fsp3) is 0.353. The number of nitrogens with two attached hydrogens (primary N) is 1. The summed E-state index contributed by atoms with van der Waals surface area (Å²) in [6.07, 6.45) is 4.23. The second kappa shape index (κ2) is 6.41. The summed E-state index contributed by atoms with van der Waals surface area (Å²) in [5.74, 6) is -0.0765. The van der Waals surface area contributed by atoms with Gasteiger partial charge in [-0.1, -0.05) is 30.3 Å². The zero-order valence-corrected chi connectivity index (χ0v) is 12.8. The van der Waals surface area contributed by atoms with E-state index >= 15 is 0 Å². The third-order valence-electron chi connectivity index (χ3n) is 3.87. The molecule has 1 aliphatic rings. The molecule has 0 spiro atoms. The van der Waals surface area contributed by atoms with Crippen LogP contribution in [0.4, 0.5) is 0 Å². The monoisotopic (exact) mass is 300 g/mol. The molecule has 0 radical (unpaired) electrons. The van der Waals surface area contributed by atoms with Crippen molar-refractivity contribution >= 4 is 17.2 Å². The van der Waals surface area contributed by atoms with Gasteiger partial charge in [-0.25, -0.2) is 0 Å². The lowest BCUT2D eigenvalue weighted by molar-refractivity contribution is -0.122. The van der Waals surface area contributed by atoms with Crippen molar-refractivity contribution in [1.82, 2.24) is 5.32 Å². The number of benzene rings is 1. The molecule has 0 bridgehead atoms. The second-order valence-corrected chi connectivity index (χ2v) is 6.75. The number of amides is 1. The van der Waals surface area contributed by atoms with Crippen LogP contribution in [0.2, 0.25) is 0 Å². The number of rotatable bonds is 5. The Morgan fingerprint density at radius 1 is 1.29 bits per heavy atom. The Labute approximate surface area is 129 Å². The highest BCUT2D eigenvalue weighted by Gasteiger charge is 2.17. The molecule has 0 unspecified atom stereocenters. The van der Waals surface area contributed by atoms with Crippen LogP contribution >= 0.6 is 11.3 Å². The molecule has 1 aromatic carbocycles. The van der Waals surface area contributed by atoms with Gasteiger partial charge < -0.3 is 11.1 Å². The molecule has 3 rings (SSSR count). The van der Waals surface area contributed by atoms with Gasteiger partial charge in [0.2, 0.25) is 5.91 Å². The van der Waals surface area contributed by atoms with Crippen LogP contribution in [0.25, 0.3) is 0 Å². The van der Waals surface area contributed by atoms with Crippen LogP contribution in [-0.2, 0) is 30.6 Å². The van der Waals surface area contributed by atoms with Crippen LogP contribution in [0, 0.1) is 0 Å². The smallest absolute Gasteiger partial charge is 0.237 e. The number of thiophene rings is 1. The van der Waals surface area contributed by atoms with Gasteiger partial charge in [0.05, 0.1) is 12.6 Å². The average Bonchev–Trinajstić information content (AvgIpc) is 3.06. The molecule has 1 heterocycles. The molecule has 0 fully saturated rings. The maximum atomic E-state index is 12.1. The van der Waals surface area contributed by atoms with Gasteiger partial charge in [-0.15, -0.1) is 11.3 Å². The van der Waals surface area contributed by atoms with E-state index in [0.29, 0.717) is 13.0 Å². The van der Waals surface area contributed by atoms with E-state index in [2.05, 4.69) is 11.4 Å². The van der Waals surface area contributed by atoms with E-state index in [1.54, 1.807) is 0 Å². The normalized spacial score (nSPS) is 14.7. The Kier molecular flexibility index (Phi) is 4.36. The van der Waals surface area contributed by atoms with Gasteiger partial charge in [0.1, 0.15) is 0 Å². The van der Waals surface area contributed by atoms with Crippen molar-refractivity contribution in [1.29, 1.82) is 0 Å². The predicted molar refractivity (Wildman–Crippen MR) is 86.3 cm³/mol. The van der Waals surface area contributed by atoms with Crippen LogP contribution in [-0.4, -0.2) is 11.9 Å². The lowest BCUT2D eigenvalue weighted by Gasteiger charge is -2.11. The SMILES string of the molecule is N[C@@H](Cc1ccccc1)C(=O)NCc1cc2c(s1)CCC2. The highest BCUT2D eigenvalue weighted by Crippen LogP contribution is 2.30. The predicted octanol–water partition coefficient (Wildman–Crippen LogP) is 2.42. The zero-order chi connectivity index (χ0) is 14.7. The number of fused-ring (bicyclic) bond motifs is 1. The quantitative estimate of drug-likeness (QED) is 0.891. The summed E-state index contributed by atoms with van der Waals surface area (Å²) in [5, 5.41) is 2.95. The number of aryl methyl sites for hydroxylation is 2. The molecule has 3 nitrogen and oxygen atoms in total. The third kappa shape index (κ3) is 3.52. The molecular weight excluding hydrogens is 280 g/mol. The Hall–Kier alpha value is -1.65. The minimum absolute atomic E-state index is 0.0765. The summed E-state index contributed by atoms with van der Waals surface area (Å²) in [5.41, 5.74) is 8.54. The molecule has 1 amide bonds. The van der Waals surface area contributed by atoms with Gasteiger partial charge in [0, 0.05) is 9.75 Å². The zero-order valence-electron chi connectivity index (χ0n) is 12.0. The molecular formula is C17H20N2OS. The average molecular weight is 300 g/mol. The molecule has 1 aromatic heterocycles. The Balaban J connectivity index is 1.51. The highest BCUT2D eigenvalue weighted by molar-refractivity contribution is 7.12. The summed E-state index contributed by atoms with van der Waals surface area (Å²) >= 11 is 1.82. The van der Waals surface area contributed by atoms with Gasteiger partial charge in [0.15, 0.2) is 0 Å². The minimum atomic E-state index is -0.487. The van der Waals surface area contributed by atoms with Crippen LogP contribution < -0.4 is 11.1 Å². The van der Waals surface area contributed by atoms with E-state index in [1.165, 1.54) is 34.6 Å². The largest absolute Gasteiger partial charge is 0.350 e. The first-order valence-electron chi connectivity index (χ1n) is 7.40. The van der Waals surface area contributed by atoms with Crippen LogP contribution in [0.1, 0.15) is 27.3 Å². The molecule has 1 atom stereocenters. The van der Waals surface area contributed by atoms with E-state index < -0.39 is 6.04 Å². The van der Waals surface area contributed by atoms with Crippen molar-refractivity contribution in [3.05, 3.63) is 57.3 Å². The third-order valence-corrected chi connectivity index (χ3v) is 5.11. The Morgan fingerprint density at radius 2 is 2.10 bits per heavy atom. The molecule has 0 saturated heterocycles. The Morgan fingerprint density at radius 3 is 2.86 bits per heavy atom. The number of carbonyl (C=O) groups is 1. The summed E-state index contributed by atoms with van der Waals surface area (Å²) in [7, 11) is 0. The van der Waals surface area contributed by atoms with Crippen LogP contribution in [0.15, 0.2) is 36.4 Å². The van der Waals surface area contributed by atoms with Gasteiger partial charge in [-0.05, 0) is 42.9 Å². The minimum Gasteiger partial charge on any atom is -0.350 e. The van der Waals surface area contributed by atoms with Gasteiger partial charge in [0.25, 0.3) is 0 Å². The first-order chi connectivity index (χ1) is 10.2. The van der Waals surface area contributed by atoms with Crippen molar-refractivity contribution in [2.75, 3.05) is 0 Å². The molecule has 3 N–H and O–H groups in total. The van der Waals surface area contributed by atoms with E-state index in [0.717, 1.165) is 5.56 Å². The molecule has 21 heavy (non-hydrogen) atoms. The molecule has 1 aliphatic carbocycles. The van der Waals surface area contributed by atoms with Crippen LogP contribution in [0.5, 0.6) is 0 Å². The molecule has 4 heteroatoms. The van der Waals surface area contributed by atoms with Gasteiger partial charge in [-0.3, -0.25) is 4.79 Å². The number of hydrogen-bond acceptors (Lipinski definition) is 3. The molecule has 0 aliphatic heterocycles. The number of hydrogen-bond donors (Lipinski definition) is 2. The molecule has 110 valence electrons. The van der Waals surface area contributed by atoms with Crippen LogP contribution in [0.3, 0.4) is 0 Å². The van der Waals surface area contributed by atoms with E-state index in [-0.39, 0.29) is 5.91 Å². The van der Waals surface area contributed by atoms with E-state index in [9.17, 15) is 4.79 Å². The maximum Gasteiger partial charge on any atom is 0.237 e. The van der Waals surface area contributed by atoms with E-state index in [1.807, 2.05) is 41.7 Å². The first-order valence-corrected chi connectivity index (χ1v) is 8.21. The van der Waals surface area contributed by atoms with Gasteiger partial charge in [-0.2, -0.15) is 0 Å². The number of nitrogens with one attached hydrogen (secondary N) is 1. The molecule has 2 aromatic rings. The van der Waals surface area contributed by atoms with E-state index in [4.69, 9.17) is 5.73 Å². The number of carbonyl (C=O) groups excluding carboxylic acids is 1. The summed E-state index contributed by atoms with van der Waals surface area (Å²) < 4.78 is 0. The second-order valence-electron chi connectivity index (χ2n) is 5.53. The fourth-order valence-electron chi connectivity index (χ4n) is 2.74. The topological polar surface area (TPSA) is 55.1 Å². The lowest BCUT2D eigenvalue weighted by Crippen LogP contribution is -2.41. The summed E-state index contributed by atoms with van der Waals surface area (Å²) in [6, 6.07) is 11.6. The summed E-state index contributed by atoms with van der Waals surface area (Å²) in [4.78, 5) is 14.8. The van der Waals surface area contributed by atoms with Gasteiger partial charge >= 0.3 is 0 Å². The first kappa shape index (κ1) is 14.3. The molecule has 0 saturated carbocycles. The summed E-state index contributed by atoms with van der Waals surface area (Å²) in [6.45, 7) is 0.596. The highest BCUT2D eigenvalue weighted by atomic mass is 32.1. The standard InChI is InChI=1S/C17H20N2OS/c18-15(9-12-5-2-1-3-6-12)17(20)19-11-14-10-13-7-4-8-16(13)21-14/h1-3,5-6,10,15H,4,7-9,11,18H2,(H,19,20)/t15-/m0/s1. The van der Waals surface area contributed by atoms with Crippen molar-refractivity contribution in [3.63, 3.8) is 0 Å². The van der Waals surface area contributed by atoms with Crippen molar-refractivity contribution in [2.24, 2.45) is 5.73 Å². The van der Waals surface area contributed by atoms with Crippen molar-refractivity contribution < 1.29 is 4.79 Å². The lowest BCUT2D eigenvalue weighted by atomic mass is 10.1. The maximum absolute atomic E-state index is 12.1. The van der Waals surface area contributed by atoms with Crippen molar-refractivity contribution in [2.45, 2.75) is 38.3 Å². The van der Waals surface area contributed by atoms with Crippen molar-refractivity contribution in [3.8, 4) is 0 Å². The Bertz CT molecular complexity index is 599.